The van der Waals surface area contributed by atoms with Crippen molar-refractivity contribution >= 4 is 37.9 Å². The number of hydrogen-bond donors (Lipinski definition) is 1. The third kappa shape index (κ3) is 4.43. The zero-order chi connectivity index (χ0) is 17.9. The van der Waals surface area contributed by atoms with E-state index in [1.54, 1.807) is 23.7 Å². The summed E-state index contributed by atoms with van der Waals surface area (Å²) in [5.41, 5.74) is 0.558. The van der Waals surface area contributed by atoms with Gasteiger partial charge in [0.25, 0.3) is 5.91 Å². The molecular formula is C16H17N3O4S2. The fraction of sp³-hybridized carbons (Fsp3) is 0.312. The van der Waals surface area contributed by atoms with E-state index in [2.05, 4.69) is 15.5 Å². The maximum atomic E-state index is 12.5. The van der Waals surface area contributed by atoms with E-state index in [0.717, 1.165) is 25.5 Å². The van der Waals surface area contributed by atoms with Gasteiger partial charge in [0.05, 0.1) is 4.90 Å². The van der Waals surface area contributed by atoms with E-state index in [4.69, 9.17) is 4.84 Å². The Labute approximate surface area is 149 Å². The van der Waals surface area contributed by atoms with Crippen molar-refractivity contribution < 1.29 is 18.0 Å². The summed E-state index contributed by atoms with van der Waals surface area (Å²) in [5, 5.41) is 8.89. The first kappa shape index (κ1) is 17.6. The van der Waals surface area contributed by atoms with Crippen LogP contribution in [0.3, 0.4) is 0 Å². The molecule has 3 rings (SSSR count). The highest BCUT2D eigenvalue weighted by Crippen LogP contribution is 2.22. The van der Waals surface area contributed by atoms with Gasteiger partial charge in [-0.05, 0) is 31.4 Å². The molecule has 0 aliphatic heterocycles. The second kappa shape index (κ2) is 7.32. The Kier molecular flexibility index (Phi) is 5.14. The number of carbonyl (C=O) groups is 1. The maximum Gasteiger partial charge on any atom is 0.280 e. The molecule has 1 amide bonds. The number of anilines is 1. The van der Waals surface area contributed by atoms with Gasteiger partial charge in [-0.2, -0.15) is 0 Å². The van der Waals surface area contributed by atoms with Gasteiger partial charge >= 0.3 is 0 Å². The largest absolute Gasteiger partial charge is 0.392 e. The molecule has 132 valence electrons. The molecule has 0 unspecified atom stereocenters. The fourth-order valence-electron chi connectivity index (χ4n) is 2.13. The first-order valence-corrected chi connectivity index (χ1v) is 10.5. The van der Waals surface area contributed by atoms with Crippen LogP contribution in [0.4, 0.5) is 5.13 Å². The van der Waals surface area contributed by atoms with Crippen molar-refractivity contribution in [3.05, 3.63) is 41.4 Å². The molecule has 1 aliphatic rings. The molecule has 1 fully saturated rings. The SMILES string of the molecule is CS(=O)(=O)c1ccc(C(=NOC2CCC2)C(=O)Nc2nccs2)cc1. The minimum atomic E-state index is -3.31. The Morgan fingerprint density at radius 1 is 1.32 bits per heavy atom. The monoisotopic (exact) mass is 379 g/mol. The van der Waals surface area contributed by atoms with E-state index < -0.39 is 15.7 Å². The highest BCUT2D eigenvalue weighted by atomic mass is 32.2. The second-order valence-electron chi connectivity index (χ2n) is 5.69. The molecule has 0 atom stereocenters. The number of aromatic nitrogens is 1. The Morgan fingerprint density at radius 2 is 2.04 bits per heavy atom. The van der Waals surface area contributed by atoms with Crippen LogP contribution in [-0.2, 0) is 19.5 Å². The molecule has 0 saturated heterocycles. The Balaban J connectivity index is 1.85. The molecule has 1 heterocycles. The summed E-state index contributed by atoms with van der Waals surface area (Å²) in [4.78, 5) is 22.2. The molecule has 1 aromatic carbocycles. The van der Waals surface area contributed by atoms with Gasteiger partial charge in [-0.1, -0.05) is 17.3 Å². The Hall–Kier alpha value is -2.26. The zero-order valence-electron chi connectivity index (χ0n) is 13.5. The number of hydrogen-bond acceptors (Lipinski definition) is 7. The van der Waals surface area contributed by atoms with Crippen LogP contribution in [0, 0.1) is 0 Å². The van der Waals surface area contributed by atoms with Gasteiger partial charge in [0, 0.05) is 23.4 Å². The molecule has 1 N–H and O–H groups in total. The average molecular weight is 379 g/mol. The summed E-state index contributed by atoms with van der Waals surface area (Å²) in [6.45, 7) is 0. The first-order chi connectivity index (χ1) is 11.9. The molecule has 7 nitrogen and oxygen atoms in total. The number of nitrogens with zero attached hydrogens (tertiary/aromatic N) is 2. The van der Waals surface area contributed by atoms with Crippen molar-refractivity contribution in [1.29, 1.82) is 0 Å². The molecule has 0 spiro atoms. The van der Waals surface area contributed by atoms with E-state index in [-0.39, 0.29) is 16.7 Å². The fourth-order valence-corrected chi connectivity index (χ4v) is 3.28. The Bertz CT molecular complexity index is 871. The summed E-state index contributed by atoms with van der Waals surface area (Å²) in [5.74, 6) is -0.457. The van der Waals surface area contributed by atoms with Gasteiger partial charge < -0.3 is 4.84 Å². The molecule has 1 saturated carbocycles. The number of amides is 1. The van der Waals surface area contributed by atoms with Gasteiger partial charge in [-0.25, -0.2) is 13.4 Å². The summed E-state index contributed by atoms with van der Waals surface area (Å²) in [6.07, 6.45) is 5.66. The van der Waals surface area contributed by atoms with E-state index in [1.165, 1.54) is 23.5 Å². The lowest BCUT2D eigenvalue weighted by Gasteiger charge is -2.23. The van der Waals surface area contributed by atoms with Crippen LogP contribution in [-0.4, -0.2) is 37.4 Å². The lowest BCUT2D eigenvalue weighted by atomic mass is 9.97. The third-order valence-electron chi connectivity index (χ3n) is 3.77. The van der Waals surface area contributed by atoms with Crippen LogP contribution in [0.25, 0.3) is 0 Å². The van der Waals surface area contributed by atoms with Crippen LogP contribution in [0.2, 0.25) is 0 Å². The summed E-state index contributed by atoms with van der Waals surface area (Å²) >= 11 is 1.29. The molecule has 25 heavy (non-hydrogen) atoms. The zero-order valence-corrected chi connectivity index (χ0v) is 15.1. The number of carbonyl (C=O) groups excluding carboxylic acids is 1. The van der Waals surface area contributed by atoms with Gasteiger partial charge in [-0.15, -0.1) is 11.3 Å². The highest BCUT2D eigenvalue weighted by Gasteiger charge is 2.22. The van der Waals surface area contributed by atoms with Gasteiger partial charge in [0.15, 0.2) is 20.7 Å². The van der Waals surface area contributed by atoms with Crippen LogP contribution in [0.5, 0.6) is 0 Å². The van der Waals surface area contributed by atoms with Crippen LogP contribution in [0.15, 0.2) is 45.9 Å². The molecule has 0 bridgehead atoms. The molecule has 0 radical (unpaired) electrons. The number of rotatable bonds is 6. The predicted octanol–water partition coefficient (Wildman–Crippen LogP) is 2.46. The van der Waals surface area contributed by atoms with E-state index >= 15 is 0 Å². The van der Waals surface area contributed by atoms with Crippen molar-refractivity contribution in [3.63, 3.8) is 0 Å². The molecular weight excluding hydrogens is 362 g/mol. The summed E-state index contributed by atoms with van der Waals surface area (Å²) < 4.78 is 23.2. The highest BCUT2D eigenvalue weighted by molar-refractivity contribution is 7.90. The predicted molar refractivity (Wildman–Crippen MR) is 95.6 cm³/mol. The first-order valence-electron chi connectivity index (χ1n) is 7.68. The van der Waals surface area contributed by atoms with E-state index in [0.29, 0.717) is 10.7 Å². The van der Waals surface area contributed by atoms with Gasteiger partial charge in [-0.3, -0.25) is 10.1 Å². The lowest BCUT2D eigenvalue weighted by Crippen LogP contribution is -2.26. The molecule has 1 aliphatic carbocycles. The van der Waals surface area contributed by atoms with E-state index in [1.807, 2.05) is 0 Å². The maximum absolute atomic E-state index is 12.5. The standard InChI is InChI=1S/C16H17N3O4S2/c1-25(21,22)13-7-5-11(6-8-13)14(19-23-12-3-2-4-12)15(20)18-16-17-9-10-24-16/h5-10,12H,2-4H2,1H3,(H,17,18,20). The average Bonchev–Trinajstić information content (AvgIpc) is 3.02. The topological polar surface area (TPSA) is 97.7 Å². The van der Waals surface area contributed by atoms with Crippen molar-refractivity contribution in [2.24, 2.45) is 5.16 Å². The normalized spacial score (nSPS) is 15.5. The van der Waals surface area contributed by atoms with Gasteiger partial charge in [0.1, 0.15) is 6.10 Å². The van der Waals surface area contributed by atoms with Crippen molar-refractivity contribution in [1.82, 2.24) is 4.98 Å². The molecule has 2 aromatic rings. The van der Waals surface area contributed by atoms with Crippen molar-refractivity contribution in [3.8, 4) is 0 Å². The number of nitrogens with one attached hydrogen (secondary N) is 1. The number of benzene rings is 1. The van der Waals surface area contributed by atoms with Crippen molar-refractivity contribution in [2.45, 2.75) is 30.3 Å². The number of oxime groups is 1. The van der Waals surface area contributed by atoms with Crippen LogP contribution in [0.1, 0.15) is 24.8 Å². The molecule has 1 aromatic heterocycles. The second-order valence-corrected chi connectivity index (χ2v) is 8.60. The van der Waals surface area contributed by atoms with Gasteiger partial charge in [0.2, 0.25) is 0 Å². The smallest absolute Gasteiger partial charge is 0.280 e. The molecule has 9 heteroatoms. The van der Waals surface area contributed by atoms with Crippen LogP contribution < -0.4 is 5.32 Å². The summed E-state index contributed by atoms with van der Waals surface area (Å²) in [6, 6.07) is 5.97. The van der Waals surface area contributed by atoms with Crippen LogP contribution >= 0.6 is 11.3 Å². The number of thiazole rings is 1. The van der Waals surface area contributed by atoms with E-state index in [9.17, 15) is 13.2 Å². The van der Waals surface area contributed by atoms with Crippen molar-refractivity contribution in [2.75, 3.05) is 11.6 Å². The number of sulfone groups is 1. The Morgan fingerprint density at radius 3 is 2.56 bits per heavy atom. The third-order valence-corrected chi connectivity index (χ3v) is 5.59. The minimum Gasteiger partial charge on any atom is -0.392 e. The quantitative estimate of drug-likeness (QED) is 0.614. The lowest BCUT2D eigenvalue weighted by molar-refractivity contribution is -0.110. The minimum absolute atomic E-state index is 0.0259. The summed E-state index contributed by atoms with van der Waals surface area (Å²) in [7, 11) is -3.31.